The fourth-order valence-corrected chi connectivity index (χ4v) is 7.25. The molecule has 5 aromatic heterocycles. The van der Waals surface area contributed by atoms with Gasteiger partial charge in [-0.1, -0.05) is 0 Å². The zero-order valence-electron chi connectivity index (χ0n) is 50.0. The minimum absolute atomic E-state index is 0.00116. The van der Waals surface area contributed by atoms with Crippen LogP contribution in [0.15, 0.2) is 54.3 Å². The van der Waals surface area contributed by atoms with E-state index < -0.39 is 58.1 Å². The molecule has 1 aliphatic heterocycles. The molecule has 6 heterocycles. The van der Waals surface area contributed by atoms with Crippen molar-refractivity contribution in [1.82, 2.24) is 38.9 Å². The predicted octanol–water partition coefficient (Wildman–Crippen LogP) is 0.749. The van der Waals surface area contributed by atoms with E-state index in [2.05, 4.69) is 20.4 Å². The van der Waals surface area contributed by atoms with Gasteiger partial charge in [0.05, 0.1) is 47.2 Å². The summed E-state index contributed by atoms with van der Waals surface area (Å²) in [6.07, 6.45) is -0.00232. The number of carbonyl (C=O) groups is 7. The average Bonchev–Trinajstić information content (AvgIpc) is 3.96. The average molecular weight is 1200 g/mol. The van der Waals surface area contributed by atoms with Crippen LogP contribution in [-0.4, -0.2) is 148 Å². The molecule has 0 atom stereocenters. The Bertz CT molecular complexity index is 3580. The van der Waals surface area contributed by atoms with E-state index in [1.54, 1.807) is 81.7 Å². The molecule has 0 spiro atoms. The van der Waals surface area contributed by atoms with Gasteiger partial charge >= 0.3 is 23.9 Å². The van der Waals surface area contributed by atoms with Crippen molar-refractivity contribution in [1.29, 1.82) is 0 Å². The molecule has 5 aromatic rings. The van der Waals surface area contributed by atoms with Crippen LogP contribution in [0, 0.1) is 34.6 Å². The van der Waals surface area contributed by atoms with Crippen LogP contribution in [0.5, 0.6) is 28.7 Å². The SMILES string of the molecule is CCOC(=O)c1cc(C)[nH]c(=O)c1O.CCOC(=O)c1cc(C)n(C)c(=O)c1OC.COc1c(C(=O)NCCNCCN)cc(C)n(C)c1=O.COc1c(C(=O)O)cc(C)n(C)c1=O.COc1c(C(=O)ON2C(=O)CCC2=O)cc(C)n(C)c1=O. The molecule has 0 bridgehead atoms. The number of nitrogens with zero attached hydrogens (tertiary/aromatic N) is 5. The van der Waals surface area contributed by atoms with E-state index >= 15 is 0 Å². The van der Waals surface area contributed by atoms with Gasteiger partial charge in [-0.05, 0) is 78.8 Å². The number of hydrogen-bond acceptors (Lipinski definition) is 22. The Morgan fingerprint density at radius 3 is 1.29 bits per heavy atom. The van der Waals surface area contributed by atoms with Gasteiger partial charge in [0.25, 0.3) is 45.5 Å². The van der Waals surface area contributed by atoms with Crippen molar-refractivity contribution in [2.45, 2.75) is 61.3 Å². The van der Waals surface area contributed by atoms with Gasteiger partial charge in [-0.15, -0.1) is 5.06 Å². The number of hydroxylamine groups is 2. The number of aromatic hydroxyl groups is 1. The molecule has 0 aromatic carbocycles. The number of carboxylic acids is 1. The van der Waals surface area contributed by atoms with E-state index in [0.717, 1.165) is 0 Å². The van der Waals surface area contributed by atoms with Crippen molar-refractivity contribution in [3.05, 3.63) is 138 Å². The molecular weight excluding hydrogens is 1120 g/mol. The number of nitrogens with one attached hydrogen (secondary N) is 3. The number of imide groups is 1. The highest BCUT2D eigenvalue weighted by Crippen LogP contribution is 2.21. The Labute approximate surface area is 486 Å². The van der Waals surface area contributed by atoms with Crippen LogP contribution in [0.4, 0.5) is 0 Å². The van der Waals surface area contributed by atoms with E-state index in [1.807, 2.05) is 0 Å². The number of nitrogens with two attached hydrogens (primary N) is 1. The molecule has 30 nitrogen and oxygen atoms in total. The largest absolute Gasteiger partial charge is 0.502 e. The summed E-state index contributed by atoms with van der Waals surface area (Å²) in [5, 5.41) is 24.3. The monoisotopic (exact) mass is 1200 g/mol. The number of hydrogen-bond donors (Lipinski definition) is 6. The first-order chi connectivity index (χ1) is 40.0. The van der Waals surface area contributed by atoms with Crippen molar-refractivity contribution in [3.8, 4) is 28.7 Å². The molecule has 85 heavy (non-hydrogen) atoms. The number of ether oxygens (including phenoxy) is 6. The van der Waals surface area contributed by atoms with Crippen LogP contribution in [0.3, 0.4) is 0 Å². The predicted molar refractivity (Wildman–Crippen MR) is 305 cm³/mol. The first kappa shape index (κ1) is 71.3. The summed E-state index contributed by atoms with van der Waals surface area (Å²) in [6, 6.07) is 7.39. The zero-order chi connectivity index (χ0) is 64.7. The van der Waals surface area contributed by atoms with Crippen LogP contribution in [0.1, 0.15) is 107 Å². The first-order valence-corrected chi connectivity index (χ1v) is 25.7. The molecular formula is C55H73N9O21. The molecule has 7 N–H and O–H groups in total. The number of amides is 3. The van der Waals surface area contributed by atoms with Crippen LogP contribution in [-0.2, 0) is 52.1 Å². The van der Waals surface area contributed by atoms with E-state index in [0.29, 0.717) is 59.7 Å². The van der Waals surface area contributed by atoms with Crippen LogP contribution >= 0.6 is 0 Å². The number of rotatable bonds is 17. The third kappa shape index (κ3) is 18.6. The van der Waals surface area contributed by atoms with Gasteiger partial charge in [0.2, 0.25) is 0 Å². The highest BCUT2D eigenvalue weighted by molar-refractivity contribution is 6.03. The third-order valence-corrected chi connectivity index (χ3v) is 12.2. The van der Waals surface area contributed by atoms with Gasteiger partial charge in [-0.25, -0.2) is 19.2 Å². The minimum atomic E-state index is -1.16. The van der Waals surface area contributed by atoms with Crippen LogP contribution < -0.4 is 63.1 Å². The van der Waals surface area contributed by atoms with Gasteiger partial charge in [0.1, 0.15) is 22.3 Å². The van der Waals surface area contributed by atoms with E-state index in [-0.39, 0.29) is 93.9 Å². The lowest BCUT2D eigenvalue weighted by molar-refractivity contribution is -0.172. The maximum atomic E-state index is 12.1. The summed E-state index contributed by atoms with van der Waals surface area (Å²) >= 11 is 0. The summed E-state index contributed by atoms with van der Waals surface area (Å²) in [5.74, 6) is -5.75. The number of aromatic amines is 1. The summed E-state index contributed by atoms with van der Waals surface area (Å²) in [4.78, 5) is 146. The molecule has 1 saturated heterocycles. The third-order valence-electron chi connectivity index (χ3n) is 12.2. The fourth-order valence-electron chi connectivity index (χ4n) is 7.25. The molecule has 1 fully saturated rings. The molecule has 6 rings (SSSR count). The molecule has 0 radical (unpaired) electrons. The smallest absolute Gasteiger partial charge is 0.367 e. The number of aryl methyl sites for hydroxylation is 5. The highest BCUT2D eigenvalue weighted by Gasteiger charge is 2.34. The number of H-pyrrole nitrogens is 1. The van der Waals surface area contributed by atoms with Crippen molar-refractivity contribution in [2.75, 3.05) is 67.8 Å². The van der Waals surface area contributed by atoms with Crippen molar-refractivity contribution >= 4 is 41.6 Å². The highest BCUT2D eigenvalue weighted by atomic mass is 16.7. The van der Waals surface area contributed by atoms with Gasteiger partial charge in [0.15, 0.2) is 28.7 Å². The van der Waals surface area contributed by atoms with Crippen LogP contribution in [0.25, 0.3) is 0 Å². The number of pyridine rings is 5. The van der Waals surface area contributed by atoms with E-state index in [9.17, 15) is 62.6 Å². The Hall–Kier alpha value is -9.84. The Balaban J connectivity index is 0.000000366. The minimum Gasteiger partial charge on any atom is -0.502 e. The maximum Gasteiger partial charge on any atom is 0.367 e. The first-order valence-electron chi connectivity index (χ1n) is 25.7. The molecule has 3 amide bonds. The van der Waals surface area contributed by atoms with E-state index in [1.165, 1.54) is 72.0 Å². The maximum absolute atomic E-state index is 12.1. The zero-order valence-corrected chi connectivity index (χ0v) is 50.0. The molecule has 30 heteroatoms. The topological polar surface area (TPSA) is 399 Å². The normalized spacial score (nSPS) is 11.2. The van der Waals surface area contributed by atoms with Crippen molar-refractivity contribution in [2.24, 2.45) is 33.9 Å². The lowest BCUT2D eigenvalue weighted by Crippen LogP contribution is -2.35. The summed E-state index contributed by atoms with van der Waals surface area (Å²) < 4.78 is 34.7. The standard InChI is InChI=1S/C13H22N4O3.C13H14N2O6.C11H15NO4.2C9H11NO4/c1-9-8-10(11(20-3)13(19)17(9)2)12(18)16-7-6-15-5-4-14;1-7-6-8(11(20-3)12(18)14(7)2)13(19)21-15-9(16)4-5-10(15)17;1-5-16-11(14)8-6-7(2)12(3)10(13)9(8)15-4;1-5-4-6(9(12)13)7(14-3)8(11)10(5)2;1-3-14-9(13)6-4-5(2)10-8(12)7(6)11/h8,15H,4-7,14H2,1-3H3,(H,16,18);6H,4-5H2,1-3H3;6H,5H2,1-4H3;4H,1-3H3,(H,12,13);4,11H,3H2,1-2H3,(H,10,12). The lowest BCUT2D eigenvalue weighted by atomic mass is 10.2. The van der Waals surface area contributed by atoms with Gasteiger partial charge in [-0.3, -0.25) is 38.4 Å². The summed E-state index contributed by atoms with van der Waals surface area (Å²) in [6.45, 7) is 14.5. The number of methoxy groups -OCH3 is 4. The van der Waals surface area contributed by atoms with Gasteiger partial charge in [-0.2, -0.15) is 0 Å². The Kier molecular flexibility index (Phi) is 27.9. The van der Waals surface area contributed by atoms with E-state index in [4.69, 9.17) is 39.4 Å². The number of aromatic carboxylic acids is 1. The number of esters is 2. The molecule has 0 saturated carbocycles. The second-order valence-corrected chi connectivity index (χ2v) is 17.9. The number of aromatic nitrogens is 5. The van der Waals surface area contributed by atoms with Gasteiger partial charge in [0, 0.05) is 95.7 Å². The second kappa shape index (κ2) is 33.3. The van der Waals surface area contributed by atoms with Crippen LogP contribution in [0.2, 0.25) is 0 Å². The van der Waals surface area contributed by atoms with Gasteiger partial charge < -0.3 is 83.1 Å². The number of carboxylic acid groups (broad SMARTS) is 1. The molecule has 464 valence electrons. The van der Waals surface area contributed by atoms with Crippen molar-refractivity contribution < 1.29 is 77.0 Å². The quantitative estimate of drug-likeness (QED) is 0.0425. The number of carbonyl (C=O) groups excluding carboxylic acids is 6. The fraction of sp³-hybridized carbons (Fsp3) is 0.418. The summed E-state index contributed by atoms with van der Waals surface area (Å²) in [5.41, 5.74) is 6.08. The Morgan fingerprint density at radius 2 is 0.906 bits per heavy atom. The lowest BCUT2D eigenvalue weighted by Gasteiger charge is -2.15. The second-order valence-electron chi connectivity index (χ2n) is 17.9. The Morgan fingerprint density at radius 1 is 0.541 bits per heavy atom. The molecule has 0 unspecified atom stereocenters. The molecule has 1 aliphatic rings. The van der Waals surface area contributed by atoms with Crippen molar-refractivity contribution in [3.63, 3.8) is 0 Å². The summed E-state index contributed by atoms with van der Waals surface area (Å²) in [7, 11) is 11.6. The molecule has 0 aliphatic carbocycles.